The molecule has 0 unspecified atom stereocenters. The lowest BCUT2D eigenvalue weighted by Crippen LogP contribution is -2.42. The fourth-order valence-corrected chi connectivity index (χ4v) is 4.04. The van der Waals surface area contributed by atoms with Crippen LogP contribution in [-0.2, 0) is 21.5 Å². The number of rotatable bonds is 4. The summed E-state index contributed by atoms with van der Waals surface area (Å²) in [7, 11) is -4.23. The molecule has 33 heavy (non-hydrogen) atoms. The second-order valence-electron chi connectivity index (χ2n) is 8.35. The predicted molar refractivity (Wildman–Crippen MR) is 116 cm³/mol. The van der Waals surface area contributed by atoms with Crippen molar-refractivity contribution in [3.05, 3.63) is 69.5 Å². The summed E-state index contributed by atoms with van der Waals surface area (Å²) in [5, 5.41) is 0.139. The molecule has 0 fully saturated rings. The summed E-state index contributed by atoms with van der Waals surface area (Å²) >= 11 is 0. The molecule has 2 N–H and O–H groups in total. The zero-order valence-electron chi connectivity index (χ0n) is 17.8. The smallest absolute Gasteiger partial charge is 0.422 e. The molecule has 2 heterocycles. The highest BCUT2D eigenvalue weighted by molar-refractivity contribution is 7.88. The molecule has 1 aliphatic rings. The quantitative estimate of drug-likeness (QED) is 0.461. The van der Waals surface area contributed by atoms with Crippen molar-refractivity contribution in [3.63, 3.8) is 0 Å². The molecule has 0 spiro atoms. The first-order valence-corrected chi connectivity index (χ1v) is 11.2. The predicted octanol–water partition coefficient (Wildman–Crippen LogP) is 1.93. The molecule has 1 aliphatic heterocycles. The van der Waals surface area contributed by atoms with Crippen LogP contribution in [0.4, 0.5) is 9.18 Å². The highest BCUT2D eigenvalue weighted by Crippen LogP contribution is 2.27. The van der Waals surface area contributed by atoms with E-state index in [1.54, 1.807) is 25.5 Å². The molecule has 1 aromatic heterocycles. The minimum Gasteiger partial charge on any atom is -0.443 e. The van der Waals surface area contributed by atoms with Crippen LogP contribution in [0.3, 0.4) is 0 Å². The summed E-state index contributed by atoms with van der Waals surface area (Å²) in [5.41, 5.74) is -0.532. The van der Waals surface area contributed by atoms with Crippen LogP contribution < -0.4 is 15.0 Å². The van der Waals surface area contributed by atoms with Crippen molar-refractivity contribution in [2.45, 2.75) is 32.9 Å². The monoisotopic (exact) mass is 474 g/mol. The molecule has 172 valence electrons. The van der Waals surface area contributed by atoms with Crippen LogP contribution in [0.25, 0.3) is 16.6 Å². The Morgan fingerprint density at radius 3 is 2.58 bits per heavy atom. The number of hydrogen-bond donors (Lipinski definition) is 2. The van der Waals surface area contributed by atoms with Gasteiger partial charge in [-0.15, -0.1) is 0 Å². The fraction of sp³-hybridized carbons (Fsp3) is 0.238. The molecule has 1 amide bonds. The van der Waals surface area contributed by atoms with Crippen LogP contribution in [0, 0.1) is 5.82 Å². The Morgan fingerprint density at radius 2 is 1.88 bits per heavy atom. The Hall–Kier alpha value is -3.64. The van der Waals surface area contributed by atoms with Gasteiger partial charge in [0.25, 0.3) is 5.56 Å². The number of nitrogens with zero attached hydrogens (tertiary/aromatic N) is 2. The van der Waals surface area contributed by atoms with E-state index < -0.39 is 39.1 Å². The second kappa shape index (κ2) is 7.74. The van der Waals surface area contributed by atoms with Gasteiger partial charge in [0.05, 0.1) is 22.2 Å². The first-order valence-electron chi connectivity index (χ1n) is 9.75. The molecule has 2 aromatic carbocycles. The molecule has 4 rings (SSSR count). The zero-order chi connectivity index (χ0) is 24.1. The average molecular weight is 474 g/mol. The van der Waals surface area contributed by atoms with E-state index in [-0.39, 0.29) is 34.5 Å². The lowest BCUT2D eigenvalue weighted by Gasteiger charge is -2.19. The number of benzene rings is 2. The van der Waals surface area contributed by atoms with Crippen LogP contribution in [0.1, 0.15) is 42.5 Å². The van der Waals surface area contributed by atoms with E-state index in [4.69, 9.17) is 4.74 Å². The van der Waals surface area contributed by atoms with E-state index in [1.165, 1.54) is 24.3 Å². The van der Waals surface area contributed by atoms with E-state index in [0.29, 0.717) is 5.56 Å². The number of carbonyl (C=O) groups is 2. The number of fused-ring (bicyclic) bond motifs is 4. The van der Waals surface area contributed by atoms with Gasteiger partial charge in [-0.05, 0) is 56.7 Å². The van der Waals surface area contributed by atoms with Gasteiger partial charge >= 0.3 is 16.3 Å². The highest BCUT2D eigenvalue weighted by Gasteiger charge is 2.30. The highest BCUT2D eigenvalue weighted by atomic mass is 32.2. The Balaban J connectivity index is 1.62. The third-order valence-corrected chi connectivity index (χ3v) is 5.62. The van der Waals surface area contributed by atoms with Gasteiger partial charge in [0, 0.05) is 6.54 Å². The Kier molecular flexibility index (Phi) is 5.29. The molecular formula is C21H19FN4O6S. The van der Waals surface area contributed by atoms with Gasteiger partial charge in [-0.2, -0.15) is 13.1 Å². The van der Waals surface area contributed by atoms with Crippen molar-refractivity contribution in [1.82, 2.24) is 19.0 Å². The van der Waals surface area contributed by atoms with E-state index >= 15 is 0 Å². The number of ether oxygens (including phenoxy) is 1. The minimum atomic E-state index is -4.23. The van der Waals surface area contributed by atoms with Crippen LogP contribution >= 0.6 is 0 Å². The lowest BCUT2D eigenvalue weighted by atomic mass is 10.1. The molecule has 0 saturated heterocycles. The normalized spacial score (nSPS) is 13.0. The van der Waals surface area contributed by atoms with Crippen molar-refractivity contribution in [3.8, 4) is 5.69 Å². The molecule has 0 bridgehead atoms. The standard InChI is InChI=1S/C21H19FN4O6S/c1-21(2,3)32-20(29)25-33(30,31)23-10-11-4-6-15-13(8-11)19(28)26-16-7-5-12(22)9-14(16)17(27)18(26)24-15/h4-9,23H,10H2,1-3H3,(H,25,29). The topological polar surface area (TPSA) is 136 Å². The number of ketones is 1. The van der Waals surface area contributed by atoms with Crippen molar-refractivity contribution in [1.29, 1.82) is 0 Å². The maximum atomic E-state index is 13.6. The van der Waals surface area contributed by atoms with Crippen LogP contribution in [0.15, 0.2) is 41.2 Å². The fourth-order valence-electron chi connectivity index (χ4n) is 3.35. The average Bonchev–Trinajstić information content (AvgIpc) is 2.97. The first kappa shape index (κ1) is 22.6. The molecule has 10 nitrogen and oxygen atoms in total. The minimum absolute atomic E-state index is 0.0381. The van der Waals surface area contributed by atoms with E-state index in [1.807, 2.05) is 0 Å². The van der Waals surface area contributed by atoms with E-state index in [2.05, 4.69) is 9.71 Å². The number of aromatic nitrogens is 2. The van der Waals surface area contributed by atoms with Gasteiger partial charge in [-0.3, -0.25) is 14.2 Å². The molecule has 0 atom stereocenters. The number of nitrogens with one attached hydrogen (secondary N) is 2. The van der Waals surface area contributed by atoms with Crippen LogP contribution in [0.2, 0.25) is 0 Å². The summed E-state index contributed by atoms with van der Waals surface area (Å²) in [6, 6.07) is 7.94. The molecule has 3 aromatic rings. The Bertz CT molecular complexity index is 1490. The summed E-state index contributed by atoms with van der Waals surface area (Å²) in [6.07, 6.45) is -1.13. The summed E-state index contributed by atoms with van der Waals surface area (Å²) in [6.45, 7) is 4.53. The van der Waals surface area contributed by atoms with Crippen LogP contribution in [-0.4, -0.2) is 35.4 Å². The van der Waals surface area contributed by atoms with Crippen LogP contribution in [0.5, 0.6) is 0 Å². The van der Waals surface area contributed by atoms with Gasteiger partial charge in [-0.1, -0.05) is 6.07 Å². The number of hydrogen-bond acceptors (Lipinski definition) is 7. The van der Waals surface area contributed by atoms with E-state index in [9.17, 15) is 27.2 Å². The van der Waals surface area contributed by atoms with Crippen molar-refractivity contribution >= 4 is 33.0 Å². The molecule has 0 aliphatic carbocycles. The number of carbonyl (C=O) groups excluding carboxylic acids is 2. The largest absolute Gasteiger partial charge is 0.443 e. The maximum absolute atomic E-state index is 13.6. The van der Waals surface area contributed by atoms with Gasteiger partial charge in [-0.25, -0.2) is 18.9 Å². The SMILES string of the molecule is CC(C)(C)OC(=O)NS(=O)(=O)NCc1ccc2nc3n(c(=O)c2c1)-c1ccc(F)cc1C3=O. The Labute approximate surface area is 187 Å². The van der Waals surface area contributed by atoms with Crippen molar-refractivity contribution in [2.24, 2.45) is 0 Å². The van der Waals surface area contributed by atoms with Crippen molar-refractivity contribution in [2.75, 3.05) is 0 Å². The van der Waals surface area contributed by atoms with E-state index in [0.717, 1.165) is 16.7 Å². The zero-order valence-corrected chi connectivity index (χ0v) is 18.6. The maximum Gasteiger partial charge on any atom is 0.422 e. The summed E-state index contributed by atoms with van der Waals surface area (Å²) in [5.74, 6) is -1.29. The molecule has 0 radical (unpaired) electrons. The van der Waals surface area contributed by atoms with Gasteiger partial charge in [0.1, 0.15) is 11.4 Å². The lowest BCUT2D eigenvalue weighted by molar-refractivity contribution is 0.0569. The van der Waals surface area contributed by atoms with Gasteiger partial charge in [0.2, 0.25) is 5.78 Å². The van der Waals surface area contributed by atoms with Gasteiger partial charge in [0.15, 0.2) is 5.82 Å². The second-order valence-corrected chi connectivity index (χ2v) is 9.85. The first-order chi connectivity index (χ1) is 15.3. The van der Waals surface area contributed by atoms with Crippen molar-refractivity contribution < 1.29 is 27.1 Å². The molecule has 12 heteroatoms. The summed E-state index contributed by atoms with van der Waals surface area (Å²) in [4.78, 5) is 41.6. The summed E-state index contributed by atoms with van der Waals surface area (Å²) < 4.78 is 47.8. The third kappa shape index (κ3) is 4.47. The Morgan fingerprint density at radius 1 is 1.15 bits per heavy atom. The molecule has 0 saturated carbocycles. The third-order valence-electron chi connectivity index (χ3n) is 4.66. The molecular weight excluding hydrogens is 455 g/mol. The van der Waals surface area contributed by atoms with Gasteiger partial charge < -0.3 is 4.74 Å². The number of halogens is 1. The number of amides is 1.